The minimum Gasteiger partial charge on any atom is -0.316 e. The molecule has 0 unspecified atom stereocenters. The second kappa shape index (κ2) is 6.68. The zero-order valence-electron chi connectivity index (χ0n) is 12.9. The minimum absolute atomic E-state index is 0.0673. The highest BCUT2D eigenvalue weighted by molar-refractivity contribution is 6.30. The molecule has 0 fully saturated rings. The first-order valence-electron chi connectivity index (χ1n) is 7.27. The van der Waals surface area contributed by atoms with E-state index in [0.29, 0.717) is 16.3 Å². The van der Waals surface area contributed by atoms with Crippen molar-refractivity contribution in [1.29, 1.82) is 0 Å². The topological polar surface area (TPSA) is 60.4 Å². The molecule has 0 aliphatic carbocycles. The summed E-state index contributed by atoms with van der Waals surface area (Å²) in [5, 5.41) is 11.7. The van der Waals surface area contributed by atoms with E-state index >= 15 is 0 Å². The van der Waals surface area contributed by atoms with Crippen molar-refractivity contribution in [3.8, 4) is 5.69 Å². The highest BCUT2D eigenvalue weighted by Crippen LogP contribution is 2.24. The van der Waals surface area contributed by atoms with Crippen LogP contribution in [0.2, 0.25) is 5.02 Å². The van der Waals surface area contributed by atoms with Crippen molar-refractivity contribution in [3.63, 3.8) is 0 Å². The first kappa shape index (κ1) is 16.0. The van der Waals surface area contributed by atoms with Gasteiger partial charge in [0.15, 0.2) is 0 Å². The zero-order valence-corrected chi connectivity index (χ0v) is 13.6. The Kier molecular flexibility index (Phi) is 4.44. The van der Waals surface area contributed by atoms with Crippen molar-refractivity contribution >= 4 is 29.2 Å². The number of aryl methyl sites for hydroxylation is 1. The van der Waals surface area contributed by atoms with Gasteiger partial charge in [-0.25, -0.2) is 0 Å². The summed E-state index contributed by atoms with van der Waals surface area (Å²) >= 11 is 5.92. The fraction of sp³-hybridized carbons (Fsp3) is 0.0556. The van der Waals surface area contributed by atoms with Gasteiger partial charge in [0.05, 0.1) is 22.5 Å². The molecule has 0 aliphatic rings. The normalized spacial score (nSPS) is 11.1. The van der Waals surface area contributed by atoms with Gasteiger partial charge in [-0.3, -0.25) is 15.1 Å². The van der Waals surface area contributed by atoms with Gasteiger partial charge in [0.2, 0.25) is 0 Å². The van der Waals surface area contributed by atoms with Crippen LogP contribution in [0.3, 0.4) is 0 Å². The monoisotopic (exact) mass is 339 g/mol. The van der Waals surface area contributed by atoms with Crippen molar-refractivity contribution in [3.05, 3.63) is 87.2 Å². The first-order chi connectivity index (χ1) is 11.5. The Hall–Kier alpha value is -2.92. The van der Waals surface area contributed by atoms with Crippen LogP contribution in [0.25, 0.3) is 5.69 Å². The van der Waals surface area contributed by atoms with E-state index in [2.05, 4.69) is 4.99 Å². The third kappa shape index (κ3) is 3.36. The van der Waals surface area contributed by atoms with E-state index in [1.807, 2.05) is 47.2 Å². The van der Waals surface area contributed by atoms with Gasteiger partial charge in [-0.1, -0.05) is 17.7 Å². The molecule has 24 heavy (non-hydrogen) atoms. The number of hydrogen-bond donors (Lipinski definition) is 0. The second-order valence-electron chi connectivity index (χ2n) is 5.27. The third-order valence-corrected chi connectivity index (χ3v) is 3.87. The minimum atomic E-state index is -0.398. The lowest BCUT2D eigenvalue weighted by atomic mass is 10.2. The number of benzene rings is 2. The Bertz CT molecular complexity index is 914. The molecule has 0 aliphatic heterocycles. The van der Waals surface area contributed by atoms with Crippen LogP contribution in [0.15, 0.2) is 65.8 Å². The lowest BCUT2D eigenvalue weighted by molar-refractivity contribution is -0.385. The maximum Gasteiger partial charge on any atom is 0.274 e. The standard InChI is InChI=1S/C18H14ClN3O2/c1-13-4-7-15(11-18(13)22(23)24)20-12-17-3-2-10-21(17)16-8-5-14(19)6-9-16/h2-12H,1H3. The van der Waals surface area contributed by atoms with Crippen LogP contribution in [-0.2, 0) is 0 Å². The smallest absolute Gasteiger partial charge is 0.274 e. The molecule has 6 heteroatoms. The van der Waals surface area contributed by atoms with Crippen molar-refractivity contribution in [2.75, 3.05) is 0 Å². The quantitative estimate of drug-likeness (QED) is 0.377. The van der Waals surface area contributed by atoms with Gasteiger partial charge < -0.3 is 4.57 Å². The molecule has 1 heterocycles. The molecule has 120 valence electrons. The van der Waals surface area contributed by atoms with Crippen LogP contribution < -0.4 is 0 Å². The highest BCUT2D eigenvalue weighted by atomic mass is 35.5. The predicted molar refractivity (Wildman–Crippen MR) is 95.9 cm³/mol. The molecule has 5 nitrogen and oxygen atoms in total. The van der Waals surface area contributed by atoms with Crippen LogP contribution in [0, 0.1) is 17.0 Å². The number of aliphatic imine (C=N–C) groups is 1. The number of rotatable bonds is 4. The summed E-state index contributed by atoms with van der Waals surface area (Å²) in [4.78, 5) is 15.0. The average molecular weight is 340 g/mol. The maximum absolute atomic E-state index is 11.0. The fourth-order valence-electron chi connectivity index (χ4n) is 2.35. The first-order valence-corrected chi connectivity index (χ1v) is 7.65. The number of nitro groups is 1. The molecule has 0 radical (unpaired) electrons. The van der Waals surface area contributed by atoms with E-state index in [1.54, 1.807) is 25.3 Å². The van der Waals surface area contributed by atoms with Gasteiger partial charge in [-0.2, -0.15) is 0 Å². The van der Waals surface area contributed by atoms with Gasteiger partial charge in [-0.15, -0.1) is 0 Å². The van der Waals surface area contributed by atoms with Crippen LogP contribution in [-0.4, -0.2) is 15.7 Å². The van der Waals surface area contributed by atoms with Crippen LogP contribution in [0.5, 0.6) is 0 Å². The Morgan fingerprint density at radius 3 is 2.62 bits per heavy atom. The highest BCUT2D eigenvalue weighted by Gasteiger charge is 2.10. The summed E-state index contributed by atoms with van der Waals surface area (Å²) in [5.41, 5.74) is 3.04. The van der Waals surface area contributed by atoms with E-state index in [1.165, 1.54) is 6.07 Å². The fourth-order valence-corrected chi connectivity index (χ4v) is 2.48. The SMILES string of the molecule is Cc1ccc(N=Cc2cccn2-c2ccc(Cl)cc2)cc1[N+](=O)[O-]. The Morgan fingerprint density at radius 1 is 1.17 bits per heavy atom. The van der Waals surface area contributed by atoms with Gasteiger partial charge in [0.25, 0.3) is 5.69 Å². The number of nitrogens with zero attached hydrogens (tertiary/aromatic N) is 3. The molecule has 0 saturated heterocycles. The number of hydrogen-bond acceptors (Lipinski definition) is 3. The number of aromatic nitrogens is 1. The van der Waals surface area contributed by atoms with Gasteiger partial charge in [-0.05, 0) is 49.4 Å². The molecule has 0 saturated carbocycles. The van der Waals surface area contributed by atoms with Crippen molar-refractivity contribution in [2.45, 2.75) is 6.92 Å². The Balaban J connectivity index is 1.91. The lowest BCUT2D eigenvalue weighted by Gasteiger charge is -2.06. The molecular formula is C18H14ClN3O2. The maximum atomic E-state index is 11.0. The number of nitro benzene ring substituents is 1. The van der Waals surface area contributed by atoms with Crippen LogP contribution >= 0.6 is 11.6 Å². The molecular weight excluding hydrogens is 326 g/mol. The summed E-state index contributed by atoms with van der Waals surface area (Å²) in [6.07, 6.45) is 3.60. The molecule has 2 aromatic carbocycles. The third-order valence-electron chi connectivity index (χ3n) is 3.62. The summed E-state index contributed by atoms with van der Waals surface area (Å²) < 4.78 is 1.96. The molecule has 3 aromatic rings. The van der Waals surface area contributed by atoms with Gasteiger partial charge >= 0.3 is 0 Å². The Morgan fingerprint density at radius 2 is 1.92 bits per heavy atom. The Labute approximate surface area is 144 Å². The molecule has 0 amide bonds. The van der Waals surface area contributed by atoms with Gasteiger partial charge in [0, 0.05) is 28.5 Å². The molecule has 1 aromatic heterocycles. The van der Waals surface area contributed by atoms with E-state index in [-0.39, 0.29) is 5.69 Å². The zero-order chi connectivity index (χ0) is 17.1. The summed E-state index contributed by atoms with van der Waals surface area (Å²) in [5.74, 6) is 0. The summed E-state index contributed by atoms with van der Waals surface area (Å²) in [6.45, 7) is 1.71. The second-order valence-corrected chi connectivity index (χ2v) is 5.70. The summed E-state index contributed by atoms with van der Waals surface area (Å²) in [7, 11) is 0. The summed E-state index contributed by atoms with van der Waals surface area (Å²) in [6, 6.07) is 16.2. The van der Waals surface area contributed by atoms with E-state index in [0.717, 1.165) is 11.4 Å². The van der Waals surface area contributed by atoms with Crippen molar-refractivity contribution < 1.29 is 4.92 Å². The average Bonchev–Trinajstić information content (AvgIpc) is 3.03. The molecule has 0 bridgehead atoms. The predicted octanol–water partition coefficient (Wildman–Crippen LogP) is 5.10. The molecule has 0 N–H and O–H groups in total. The van der Waals surface area contributed by atoms with Crippen molar-refractivity contribution in [1.82, 2.24) is 4.57 Å². The van der Waals surface area contributed by atoms with E-state index < -0.39 is 4.92 Å². The number of halogens is 1. The molecule has 3 rings (SSSR count). The van der Waals surface area contributed by atoms with E-state index in [9.17, 15) is 10.1 Å². The molecule has 0 spiro atoms. The van der Waals surface area contributed by atoms with Crippen LogP contribution in [0.1, 0.15) is 11.3 Å². The van der Waals surface area contributed by atoms with Gasteiger partial charge in [0.1, 0.15) is 0 Å². The van der Waals surface area contributed by atoms with E-state index in [4.69, 9.17) is 11.6 Å². The lowest BCUT2D eigenvalue weighted by Crippen LogP contribution is -1.97. The molecule has 0 atom stereocenters. The largest absolute Gasteiger partial charge is 0.316 e. The van der Waals surface area contributed by atoms with Crippen molar-refractivity contribution in [2.24, 2.45) is 4.99 Å². The van der Waals surface area contributed by atoms with Crippen LogP contribution in [0.4, 0.5) is 11.4 Å².